The van der Waals surface area contributed by atoms with Crippen LogP contribution in [-0.2, 0) is 11.2 Å². The molecule has 0 atom stereocenters. The summed E-state index contributed by atoms with van der Waals surface area (Å²) in [4.78, 5) is 18.9. The second kappa shape index (κ2) is 7.48. The van der Waals surface area contributed by atoms with Crippen LogP contribution in [0.25, 0.3) is 0 Å². The first kappa shape index (κ1) is 19.4. The quantitative estimate of drug-likeness (QED) is 0.589. The summed E-state index contributed by atoms with van der Waals surface area (Å²) in [5.74, 6) is 0.549. The topological polar surface area (TPSA) is 51.7 Å². The summed E-state index contributed by atoms with van der Waals surface area (Å²) in [6.45, 7) is 5.69. The molecule has 1 aliphatic heterocycles. The lowest BCUT2D eigenvalue weighted by atomic mass is 10.0. The largest absolute Gasteiger partial charge is 0.483 e. The Balaban J connectivity index is 1.57. The minimum absolute atomic E-state index is 0.198. The van der Waals surface area contributed by atoms with Crippen molar-refractivity contribution in [3.05, 3.63) is 64.9 Å². The molecular weight excluding hydrogens is 391 g/mol. The van der Waals surface area contributed by atoms with E-state index in [9.17, 15) is 9.18 Å². The molecule has 0 bridgehead atoms. The number of nitrogens with zero attached hydrogens (tertiary/aromatic N) is 2. The first-order valence-electron chi connectivity index (χ1n) is 9.27. The maximum atomic E-state index is 13.4. The second-order valence-corrected chi connectivity index (χ2v) is 8.39. The smallest absolute Gasteiger partial charge is 0.271 e. The Labute approximate surface area is 172 Å². The summed E-state index contributed by atoms with van der Waals surface area (Å²) < 4.78 is 25.2. The van der Waals surface area contributed by atoms with Crippen LogP contribution in [-0.4, -0.2) is 23.1 Å². The average Bonchev–Trinajstić information content (AvgIpc) is 3.23. The van der Waals surface area contributed by atoms with Crippen LogP contribution >= 0.6 is 11.3 Å². The van der Waals surface area contributed by atoms with Crippen LogP contribution in [0.2, 0.25) is 0 Å². The third kappa shape index (κ3) is 4.10. The minimum Gasteiger partial charge on any atom is -0.483 e. The molecule has 29 heavy (non-hydrogen) atoms. The van der Waals surface area contributed by atoms with Gasteiger partial charge in [-0.1, -0.05) is 12.1 Å². The summed E-state index contributed by atoms with van der Waals surface area (Å²) in [6.07, 6.45) is 0.785. The van der Waals surface area contributed by atoms with Gasteiger partial charge in [-0.3, -0.25) is 9.69 Å². The number of amides is 1. The summed E-state index contributed by atoms with van der Waals surface area (Å²) >= 11 is 1.35. The summed E-state index contributed by atoms with van der Waals surface area (Å²) in [7, 11) is 0. The fourth-order valence-corrected chi connectivity index (χ4v) is 4.14. The van der Waals surface area contributed by atoms with E-state index >= 15 is 0 Å². The number of carbonyl (C=O) groups excluding carboxylic acids is 1. The van der Waals surface area contributed by atoms with Crippen molar-refractivity contribution in [2.45, 2.75) is 32.8 Å². The molecule has 0 spiro atoms. The number of aryl methyl sites for hydroxylation is 1. The van der Waals surface area contributed by atoms with Gasteiger partial charge >= 0.3 is 0 Å². The number of carbonyl (C=O) groups is 1. The highest BCUT2D eigenvalue weighted by atomic mass is 32.1. The first-order chi connectivity index (χ1) is 13.8. The lowest BCUT2D eigenvalue weighted by Gasteiger charge is -2.21. The molecule has 7 heteroatoms. The van der Waals surface area contributed by atoms with Gasteiger partial charge in [0.05, 0.1) is 11.4 Å². The van der Waals surface area contributed by atoms with Gasteiger partial charge in [0, 0.05) is 17.4 Å². The van der Waals surface area contributed by atoms with Gasteiger partial charge in [0.2, 0.25) is 0 Å². The lowest BCUT2D eigenvalue weighted by Crippen LogP contribution is -2.31. The monoisotopic (exact) mass is 412 g/mol. The van der Waals surface area contributed by atoms with E-state index in [0.717, 1.165) is 17.7 Å². The zero-order chi connectivity index (χ0) is 20.6. The lowest BCUT2D eigenvalue weighted by molar-refractivity contribution is -0.119. The molecule has 4 rings (SSSR count). The summed E-state index contributed by atoms with van der Waals surface area (Å²) in [6, 6.07) is 11.4. The van der Waals surface area contributed by atoms with E-state index in [1.54, 1.807) is 18.2 Å². The molecule has 0 aliphatic carbocycles. The normalized spacial score (nSPS) is 14.2. The van der Waals surface area contributed by atoms with Crippen molar-refractivity contribution in [2.75, 3.05) is 11.5 Å². The van der Waals surface area contributed by atoms with Crippen molar-refractivity contribution in [1.82, 2.24) is 4.98 Å². The number of rotatable bonds is 5. The van der Waals surface area contributed by atoms with Crippen LogP contribution in [0.3, 0.4) is 0 Å². The standard InChI is InChI=1S/C22H21FN2O3S/c1-14-13-29-21(24-14)25(17-9-7-16(23)8-10-17)19(26)12-27-18-6-4-5-15-11-22(2,3)28-20(15)18/h4-10,13H,11-12H2,1-3H3. The molecule has 0 saturated carbocycles. The van der Waals surface area contributed by atoms with Crippen molar-refractivity contribution in [3.8, 4) is 11.5 Å². The maximum absolute atomic E-state index is 13.4. The Kier molecular flexibility index (Phi) is 5.00. The van der Waals surface area contributed by atoms with E-state index < -0.39 is 0 Å². The van der Waals surface area contributed by atoms with Crippen LogP contribution in [0.4, 0.5) is 15.2 Å². The van der Waals surface area contributed by atoms with E-state index in [-0.39, 0.29) is 23.9 Å². The van der Waals surface area contributed by atoms with Crippen LogP contribution < -0.4 is 14.4 Å². The van der Waals surface area contributed by atoms with Crippen molar-refractivity contribution < 1.29 is 18.7 Å². The predicted octanol–water partition coefficient (Wildman–Crippen LogP) is 5.05. The highest BCUT2D eigenvalue weighted by Gasteiger charge is 2.32. The van der Waals surface area contributed by atoms with Gasteiger partial charge in [-0.05, 0) is 51.1 Å². The zero-order valence-electron chi connectivity index (χ0n) is 16.4. The maximum Gasteiger partial charge on any atom is 0.271 e. The number of fused-ring (bicyclic) bond motifs is 1. The van der Waals surface area contributed by atoms with E-state index in [4.69, 9.17) is 9.47 Å². The minimum atomic E-state index is -0.368. The number of hydrogen-bond acceptors (Lipinski definition) is 5. The van der Waals surface area contributed by atoms with E-state index in [2.05, 4.69) is 4.98 Å². The second-order valence-electron chi connectivity index (χ2n) is 7.55. The molecule has 2 heterocycles. The number of benzene rings is 2. The van der Waals surface area contributed by atoms with Gasteiger partial charge in [0.15, 0.2) is 23.2 Å². The van der Waals surface area contributed by atoms with Crippen molar-refractivity contribution in [2.24, 2.45) is 0 Å². The van der Waals surface area contributed by atoms with Crippen molar-refractivity contribution >= 4 is 28.1 Å². The van der Waals surface area contributed by atoms with Crippen LogP contribution in [0, 0.1) is 12.7 Å². The molecule has 0 unspecified atom stereocenters. The summed E-state index contributed by atoms with van der Waals surface area (Å²) in [5.41, 5.74) is 2.10. The van der Waals surface area contributed by atoms with E-state index in [0.29, 0.717) is 22.3 Å². The number of anilines is 2. The van der Waals surface area contributed by atoms with E-state index in [1.807, 2.05) is 38.3 Å². The van der Waals surface area contributed by atoms with Gasteiger partial charge in [-0.15, -0.1) is 11.3 Å². The third-order valence-electron chi connectivity index (χ3n) is 4.54. The molecule has 2 aromatic carbocycles. The molecule has 5 nitrogen and oxygen atoms in total. The number of ether oxygens (including phenoxy) is 2. The number of halogens is 1. The third-order valence-corrected chi connectivity index (χ3v) is 5.48. The number of hydrogen-bond donors (Lipinski definition) is 0. The number of para-hydroxylation sites is 1. The highest BCUT2D eigenvalue weighted by Crippen LogP contribution is 2.41. The molecule has 1 aliphatic rings. The molecule has 150 valence electrons. The molecule has 0 radical (unpaired) electrons. The molecule has 1 aromatic heterocycles. The fourth-order valence-electron chi connectivity index (χ4n) is 3.30. The first-order valence-corrected chi connectivity index (χ1v) is 10.1. The van der Waals surface area contributed by atoms with Gasteiger partial charge in [0.1, 0.15) is 11.4 Å². The van der Waals surface area contributed by atoms with Crippen LogP contribution in [0.5, 0.6) is 11.5 Å². The Bertz CT molecular complexity index is 1050. The van der Waals surface area contributed by atoms with Gasteiger partial charge < -0.3 is 9.47 Å². The number of thiazole rings is 1. The van der Waals surface area contributed by atoms with Crippen LogP contribution in [0.1, 0.15) is 25.1 Å². The van der Waals surface area contributed by atoms with Gasteiger partial charge in [-0.25, -0.2) is 9.37 Å². The molecular formula is C22H21FN2O3S. The molecule has 3 aromatic rings. The van der Waals surface area contributed by atoms with Crippen molar-refractivity contribution in [3.63, 3.8) is 0 Å². The van der Waals surface area contributed by atoms with Crippen LogP contribution in [0.15, 0.2) is 47.8 Å². The highest BCUT2D eigenvalue weighted by molar-refractivity contribution is 7.14. The summed E-state index contributed by atoms with van der Waals surface area (Å²) in [5, 5.41) is 2.37. The zero-order valence-corrected chi connectivity index (χ0v) is 17.3. The Morgan fingerprint density at radius 3 is 2.72 bits per heavy atom. The Morgan fingerprint density at radius 1 is 1.28 bits per heavy atom. The Hall–Kier alpha value is -2.93. The molecule has 0 fully saturated rings. The molecule has 0 N–H and O–H groups in total. The average molecular weight is 412 g/mol. The van der Waals surface area contributed by atoms with E-state index in [1.165, 1.54) is 28.4 Å². The molecule has 0 saturated heterocycles. The fraction of sp³-hybridized carbons (Fsp3) is 0.273. The number of aromatic nitrogens is 1. The predicted molar refractivity (Wildman–Crippen MR) is 111 cm³/mol. The molecule has 1 amide bonds. The SMILES string of the molecule is Cc1csc(N(C(=O)COc2cccc3c2OC(C)(C)C3)c2ccc(F)cc2)n1. The van der Waals surface area contributed by atoms with Gasteiger partial charge in [0.25, 0.3) is 5.91 Å². The van der Waals surface area contributed by atoms with Crippen molar-refractivity contribution in [1.29, 1.82) is 0 Å². The van der Waals surface area contributed by atoms with Gasteiger partial charge in [-0.2, -0.15) is 0 Å². The Morgan fingerprint density at radius 2 is 2.03 bits per heavy atom.